The Bertz CT molecular complexity index is 1330. The van der Waals surface area contributed by atoms with Crippen molar-refractivity contribution in [2.45, 2.75) is 19.4 Å². The average molecular weight is 488 g/mol. The van der Waals surface area contributed by atoms with Crippen LogP contribution in [0, 0.1) is 5.92 Å². The number of carbonyl (C=O) groups is 2. The number of carbonyl (C=O) groups excluding carboxylic acids is 2. The minimum absolute atomic E-state index is 0.00711. The van der Waals surface area contributed by atoms with Crippen LogP contribution < -0.4 is 10.1 Å². The van der Waals surface area contributed by atoms with Crippen molar-refractivity contribution in [3.8, 4) is 5.75 Å². The Labute approximate surface area is 208 Å². The van der Waals surface area contributed by atoms with E-state index in [2.05, 4.69) is 10.3 Å². The van der Waals surface area contributed by atoms with Gasteiger partial charge in [-0.3, -0.25) is 9.59 Å². The van der Waals surface area contributed by atoms with Gasteiger partial charge in [0, 0.05) is 47.3 Å². The van der Waals surface area contributed by atoms with Crippen molar-refractivity contribution in [3.05, 3.63) is 95.1 Å². The van der Waals surface area contributed by atoms with E-state index in [-0.39, 0.29) is 24.2 Å². The second-order valence-corrected chi connectivity index (χ2v) is 9.22. The highest BCUT2D eigenvalue weighted by Crippen LogP contribution is 2.25. The molecule has 0 radical (unpaired) electrons. The third-order valence-electron chi connectivity index (χ3n) is 6.34. The molecule has 0 bridgehead atoms. The number of fused-ring (bicyclic) bond motifs is 1. The van der Waals surface area contributed by atoms with Gasteiger partial charge in [-0.2, -0.15) is 0 Å². The van der Waals surface area contributed by atoms with Crippen LogP contribution in [0.15, 0.2) is 79.0 Å². The molecule has 1 unspecified atom stereocenters. The Morgan fingerprint density at radius 2 is 1.89 bits per heavy atom. The number of halogens is 1. The topological polar surface area (TPSA) is 74.4 Å². The van der Waals surface area contributed by atoms with Gasteiger partial charge in [0.1, 0.15) is 12.4 Å². The average Bonchev–Trinajstić information content (AvgIpc) is 3.45. The van der Waals surface area contributed by atoms with Gasteiger partial charge in [-0.05, 0) is 60.0 Å². The first-order valence-corrected chi connectivity index (χ1v) is 12.0. The van der Waals surface area contributed by atoms with Crippen LogP contribution in [0.3, 0.4) is 0 Å². The number of H-pyrrole nitrogens is 1. The third kappa shape index (κ3) is 5.49. The SMILES string of the molecule is O=C(Nc1ccc(OCc2ccccc2)cc1)C1CC(=O)N(CCc2c[nH]c3ccc(Cl)cc23)C1. The second-order valence-electron chi connectivity index (χ2n) is 8.78. The zero-order valence-electron chi connectivity index (χ0n) is 19.2. The fraction of sp³-hybridized carbons (Fsp3) is 0.214. The van der Waals surface area contributed by atoms with E-state index in [4.69, 9.17) is 16.3 Å². The van der Waals surface area contributed by atoms with Crippen molar-refractivity contribution in [2.75, 3.05) is 18.4 Å². The van der Waals surface area contributed by atoms with Crippen molar-refractivity contribution in [1.82, 2.24) is 9.88 Å². The molecule has 0 spiro atoms. The van der Waals surface area contributed by atoms with Crippen LogP contribution in [0.1, 0.15) is 17.5 Å². The van der Waals surface area contributed by atoms with Crippen LogP contribution in [0.25, 0.3) is 10.9 Å². The number of likely N-dealkylation sites (tertiary alicyclic amines) is 1. The maximum atomic E-state index is 12.8. The summed E-state index contributed by atoms with van der Waals surface area (Å²) in [6.07, 6.45) is 2.88. The molecule has 1 aromatic heterocycles. The third-order valence-corrected chi connectivity index (χ3v) is 6.57. The number of aromatic amines is 1. The Morgan fingerprint density at radius 3 is 2.69 bits per heavy atom. The van der Waals surface area contributed by atoms with Gasteiger partial charge in [0.25, 0.3) is 0 Å². The van der Waals surface area contributed by atoms with Gasteiger partial charge in [-0.25, -0.2) is 0 Å². The summed E-state index contributed by atoms with van der Waals surface area (Å²) in [7, 11) is 0. The molecule has 1 saturated heterocycles. The summed E-state index contributed by atoms with van der Waals surface area (Å²) in [6.45, 7) is 1.47. The normalized spacial score (nSPS) is 15.5. The van der Waals surface area contributed by atoms with Gasteiger partial charge in [0.2, 0.25) is 11.8 Å². The van der Waals surface area contributed by atoms with E-state index in [0.29, 0.717) is 36.8 Å². The molecule has 7 heteroatoms. The van der Waals surface area contributed by atoms with E-state index in [1.165, 1.54) is 0 Å². The zero-order chi connectivity index (χ0) is 24.2. The van der Waals surface area contributed by atoms with Crippen LogP contribution in [0.4, 0.5) is 5.69 Å². The van der Waals surface area contributed by atoms with Crippen molar-refractivity contribution in [1.29, 1.82) is 0 Å². The monoisotopic (exact) mass is 487 g/mol. The lowest BCUT2D eigenvalue weighted by atomic mass is 10.1. The molecule has 1 fully saturated rings. The Balaban J connectivity index is 1.13. The maximum absolute atomic E-state index is 12.8. The fourth-order valence-corrected chi connectivity index (χ4v) is 4.57. The number of nitrogens with one attached hydrogen (secondary N) is 2. The first kappa shape index (κ1) is 23.0. The van der Waals surface area contributed by atoms with Crippen LogP contribution in [-0.4, -0.2) is 34.8 Å². The Morgan fingerprint density at radius 1 is 1.09 bits per heavy atom. The maximum Gasteiger partial charge on any atom is 0.229 e. The molecule has 2 amide bonds. The summed E-state index contributed by atoms with van der Waals surface area (Å²) >= 11 is 6.14. The van der Waals surface area contributed by atoms with E-state index >= 15 is 0 Å². The van der Waals surface area contributed by atoms with Crippen molar-refractivity contribution in [2.24, 2.45) is 5.92 Å². The lowest BCUT2D eigenvalue weighted by Gasteiger charge is -2.16. The first-order chi connectivity index (χ1) is 17.0. The molecule has 1 atom stereocenters. The number of hydrogen-bond acceptors (Lipinski definition) is 3. The predicted octanol–water partition coefficient (Wildman–Crippen LogP) is 5.43. The summed E-state index contributed by atoms with van der Waals surface area (Å²) in [6, 6.07) is 23.0. The minimum Gasteiger partial charge on any atom is -0.489 e. The van der Waals surface area contributed by atoms with Gasteiger partial charge in [-0.15, -0.1) is 0 Å². The number of rotatable bonds is 8. The number of amides is 2. The molecule has 0 aliphatic carbocycles. The minimum atomic E-state index is -0.367. The van der Waals surface area contributed by atoms with Crippen LogP contribution in [-0.2, 0) is 22.6 Å². The zero-order valence-corrected chi connectivity index (χ0v) is 19.9. The van der Waals surface area contributed by atoms with Crippen LogP contribution in [0.5, 0.6) is 5.75 Å². The molecule has 2 N–H and O–H groups in total. The molecule has 6 nitrogen and oxygen atoms in total. The summed E-state index contributed by atoms with van der Waals surface area (Å²) in [4.78, 5) is 30.4. The highest BCUT2D eigenvalue weighted by molar-refractivity contribution is 6.31. The van der Waals surface area contributed by atoms with Crippen LogP contribution in [0.2, 0.25) is 5.02 Å². The standard InChI is InChI=1S/C28H26ClN3O3/c29-22-6-11-26-25(15-22)20(16-30-26)12-13-32-17-21(14-27(32)33)28(34)31-23-7-9-24(10-8-23)35-18-19-4-2-1-3-5-19/h1-11,15-16,21,30H,12-14,17-18H2,(H,31,34). The molecule has 1 aliphatic heterocycles. The fourth-order valence-electron chi connectivity index (χ4n) is 4.40. The molecule has 3 aromatic carbocycles. The molecule has 2 heterocycles. The Hall–Kier alpha value is -3.77. The van der Waals surface area contributed by atoms with E-state index in [1.807, 2.05) is 79.0 Å². The summed E-state index contributed by atoms with van der Waals surface area (Å²) in [5.41, 5.74) is 3.90. The van der Waals surface area contributed by atoms with E-state index in [0.717, 1.165) is 27.8 Å². The number of ether oxygens (including phenoxy) is 1. The van der Waals surface area contributed by atoms with Crippen molar-refractivity contribution >= 4 is 40.0 Å². The quantitative estimate of drug-likeness (QED) is 0.348. The van der Waals surface area contributed by atoms with E-state index in [1.54, 1.807) is 4.90 Å². The van der Waals surface area contributed by atoms with Gasteiger partial charge in [0.05, 0.1) is 5.92 Å². The molecule has 178 valence electrons. The lowest BCUT2D eigenvalue weighted by Crippen LogP contribution is -2.30. The lowest BCUT2D eigenvalue weighted by molar-refractivity contribution is -0.128. The molecule has 4 aromatic rings. The molecular weight excluding hydrogens is 462 g/mol. The van der Waals surface area contributed by atoms with Gasteiger partial charge < -0.3 is 19.9 Å². The van der Waals surface area contributed by atoms with E-state index < -0.39 is 0 Å². The number of aromatic nitrogens is 1. The van der Waals surface area contributed by atoms with Gasteiger partial charge in [-0.1, -0.05) is 41.9 Å². The smallest absolute Gasteiger partial charge is 0.229 e. The number of hydrogen-bond donors (Lipinski definition) is 2. The molecule has 5 rings (SSSR count). The summed E-state index contributed by atoms with van der Waals surface area (Å²) < 4.78 is 5.80. The number of nitrogens with zero attached hydrogens (tertiary/aromatic N) is 1. The van der Waals surface area contributed by atoms with Gasteiger partial charge in [0.15, 0.2) is 0 Å². The van der Waals surface area contributed by atoms with Crippen molar-refractivity contribution in [3.63, 3.8) is 0 Å². The van der Waals surface area contributed by atoms with Gasteiger partial charge >= 0.3 is 0 Å². The predicted molar refractivity (Wildman–Crippen MR) is 138 cm³/mol. The first-order valence-electron chi connectivity index (χ1n) is 11.7. The summed E-state index contributed by atoms with van der Waals surface area (Å²) in [5.74, 6) is 0.229. The molecule has 0 saturated carbocycles. The highest BCUT2D eigenvalue weighted by atomic mass is 35.5. The van der Waals surface area contributed by atoms with Crippen molar-refractivity contribution < 1.29 is 14.3 Å². The molecular formula is C28H26ClN3O3. The van der Waals surface area contributed by atoms with E-state index in [9.17, 15) is 9.59 Å². The second kappa shape index (κ2) is 10.2. The molecule has 1 aliphatic rings. The molecule has 35 heavy (non-hydrogen) atoms. The highest BCUT2D eigenvalue weighted by Gasteiger charge is 2.34. The summed E-state index contributed by atoms with van der Waals surface area (Å²) in [5, 5.41) is 4.68. The Kier molecular flexibility index (Phi) is 6.73. The van der Waals surface area contributed by atoms with Crippen LogP contribution >= 0.6 is 11.6 Å². The number of anilines is 1. The largest absolute Gasteiger partial charge is 0.489 e. The number of benzene rings is 3.